The molecular weight excluding hydrogens is 262 g/mol. The molecule has 0 unspecified atom stereocenters. The SMILES string of the molecule is CCCc1c(C)n(CC)c2c(C(C)C)cc(C(=O)O)cc12. The molecule has 3 nitrogen and oxygen atoms in total. The Morgan fingerprint density at radius 2 is 1.95 bits per heavy atom. The summed E-state index contributed by atoms with van der Waals surface area (Å²) in [6.45, 7) is 11.6. The number of aryl methyl sites for hydroxylation is 2. The van der Waals surface area contributed by atoms with E-state index >= 15 is 0 Å². The third-order valence-corrected chi connectivity index (χ3v) is 4.26. The van der Waals surface area contributed by atoms with Crippen LogP contribution >= 0.6 is 0 Å². The Morgan fingerprint density at radius 3 is 2.43 bits per heavy atom. The zero-order valence-electron chi connectivity index (χ0n) is 13.7. The minimum Gasteiger partial charge on any atom is -0.478 e. The molecule has 0 radical (unpaired) electrons. The van der Waals surface area contributed by atoms with E-state index in [1.807, 2.05) is 12.1 Å². The first kappa shape index (κ1) is 15.6. The van der Waals surface area contributed by atoms with Gasteiger partial charge in [0.15, 0.2) is 0 Å². The molecule has 3 heteroatoms. The van der Waals surface area contributed by atoms with Gasteiger partial charge in [0.2, 0.25) is 0 Å². The van der Waals surface area contributed by atoms with E-state index in [4.69, 9.17) is 0 Å². The van der Waals surface area contributed by atoms with Crippen molar-refractivity contribution < 1.29 is 9.90 Å². The van der Waals surface area contributed by atoms with Gasteiger partial charge in [-0.2, -0.15) is 0 Å². The Hall–Kier alpha value is -1.77. The van der Waals surface area contributed by atoms with Gasteiger partial charge < -0.3 is 9.67 Å². The van der Waals surface area contributed by atoms with E-state index in [0.717, 1.165) is 30.3 Å². The Morgan fingerprint density at radius 1 is 1.29 bits per heavy atom. The van der Waals surface area contributed by atoms with Gasteiger partial charge in [0.05, 0.1) is 11.1 Å². The number of aromatic nitrogens is 1. The second-order valence-electron chi connectivity index (χ2n) is 5.98. The van der Waals surface area contributed by atoms with Crippen LogP contribution < -0.4 is 0 Å². The zero-order chi connectivity index (χ0) is 15.7. The van der Waals surface area contributed by atoms with Gasteiger partial charge in [-0.1, -0.05) is 27.2 Å². The number of fused-ring (bicyclic) bond motifs is 1. The maximum atomic E-state index is 11.4. The first-order chi connectivity index (χ1) is 9.92. The molecule has 0 aliphatic carbocycles. The monoisotopic (exact) mass is 287 g/mol. The number of hydrogen-bond donors (Lipinski definition) is 1. The van der Waals surface area contributed by atoms with Crippen molar-refractivity contribution in [1.82, 2.24) is 4.57 Å². The molecule has 0 bridgehead atoms. The van der Waals surface area contributed by atoms with E-state index in [2.05, 4.69) is 39.2 Å². The first-order valence-electron chi connectivity index (χ1n) is 7.81. The average Bonchev–Trinajstić information content (AvgIpc) is 2.70. The molecule has 0 saturated heterocycles. The summed E-state index contributed by atoms with van der Waals surface area (Å²) < 4.78 is 2.33. The van der Waals surface area contributed by atoms with Crippen molar-refractivity contribution in [2.24, 2.45) is 0 Å². The standard InChI is InChI=1S/C18H25NO2/c1-6-8-14-12(5)19(7-2)17-15(11(3)4)9-13(18(20)21)10-16(14)17/h9-11H,6-8H2,1-5H3,(H,20,21). The van der Waals surface area contributed by atoms with Gasteiger partial charge in [-0.3, -0.25) is 0 Å². The largest absolute Gasteiger partial charge is 0.478 e. The number of carbonyl (C=O) groups is 1. The van der Waals surface area contributed by atoms with Gasteiger partial charge in [0.25, 0.3) is 0 Å². The minimum absolute atomic E-state index is 0.306. The summed E-state index contributed by atoms with van der Waals surface area (Å²) in [4.78, 5) is 11.4. The van der Waals surface area contributed by atoms with Crippen molar-refractivity contribution >= 4 is 16.9 Å². The highest BCUT2D eigenvalue weighted by molar-refractivity contribution is 5.97. The number of carboxylic acids is 1. The lowest BCUT2D eigenvalue weighted by Gasteiger charge is -2.13. The van der Waals surface area contributed by atoms with Crippen LogP contribution in [-0.4, -0.2) is 15.6 Å². The van der Waals surface area contributed by atoms with E-state index < -0.39 is 5.97 Å². The number of aromatic carboxylic acids is 1. The van der Waals surface area contributed by atoms with Crippen molar-refractivity contribution in [3.05, 3.63) is 34.5 Å². The van der Waals surface area contributed by atoms with Crippen molar-refractivity contribution in [2.45, 2.75) is 59.9 Å². The lowest BCUT2D eigenvalue weighted by molar-refractivity contribution is 0.0697. The van der Waals surface area contributed by atoms with Gasteiger partial charge in [-0.25, -0.2) is 4.79 Å². The number of nitrogens with zero attached hydrogens (tertiary/aromatic N) is 1. The smallest absolute Gasteiger partial charge is 0.335 e. The number of rotatable bonds is 5. The fourth-order valence-corrected chi connectivity index (χ4v) is 3.24. The number of hydrogen-bond acceptors (Lipinski definition) is 1. The van der Waals surface area contributed by atoms with Crippen LogP contribution in [0.25, 0.3) is 10.9 Å². The van der Waals surface area contributed by atoms with E-state index in [1.165, 1.54) is 16.8 Å². The third kappa shape index (κ3) is 2.57. The summed E-state index contributed by atoms with van der Waals surface area (Å²) in [5, 5.41) is 10.5. The zero-order valence-corrected chi connectivity index (χ0v) is 13.7. The van der Waals surface area contributed by atoms with Crippen LogP contribution in [0, 0.1) is 6.92 Å². The van der Waals surface area contributed by atoms with Crippen molar-refractivity contribution in [3.63, 3.8) is 0 Å². The lowest BCUT2D eigenvalue weighted by atomic mass is 9.95. The Labute approximate surface area is 126 Å². The second kappa shape index (κ2) is 5.92. The fourth-order valence-electron chi connectivity index (χ4n) is 3.24. The van der Waals surface area contributed by atoms with Gasteiger partial charge in [-0.15, -0.1) is 0 Å². The van der Waals surface area contributed by atoms with E-state index in [-0.39, 0.29) is 0 Å². The Bertz CT molecular complexity index is 680. The molecule has 114 valence electrons. The van der Waals surface area contributed by atoms with Crippen molar-refractivity contribution in [2.75, 3.05) is 0 Å². The van der Waals surface area contributed by atoms with Crippen LogP contribution in [0.4, 0.5) is 0 Å². The predicted molar refractivity (Wildman–Crippen MR) is 87.4 cm³/mol. The molecule has 0 spiro atoms. The van der Waals surface area contributed by atoms with E-state index in [9.17, 15) is 9.90 Å². The summed E-state index contributed by atoms with van der Waals surface area (Å²) >= 11 is 0. The highest BCUT2D eigenvalue weighted by Crippen LogP contribution is 2.34. The summed E-state index contributed by atoms with van der Waals surface area (Å²) in [5.74, 6) is -0.538. The predicted octanol–water partition coefficient (Wildman–Crippen LogP) is 4.74. The van der Waals surface area contributed by atoms with Crippen LogP contribution in [-0.2, 0) is 13.0 Å². The van der Waals surface area contributed by atoms with Crippen LogP contribution in [0.3, 0.4) is 0 Å². The van der Waals surface area contributed by atoms with E-state index in [0.29, 0.717) is 11.5 Å². The molecular formula is C18H25NO2. The Balaban J connectivity index is 2.92. The highest BCUT2D eigenvalue weighted by Gasteiger charge is 2.19. The van der Waals surface area contributed by atoms with Gasteiger partial charge in [-0.05, 0) is 49.4 Å². The molecule has 1 N–H and O–H groups in total. The summed E-state index contributed by atoms with van der Waals surface area (Å²) in [6.07, 6.45) is 2.06. The first-order valence-corrected chi connectivity index (χ1v) is 7.81. The van der Waals surface area contributed by atoms with Crippen molar-refractivity contribution in [3.8, 4) is 0 Å². The molecule has 0 saturated carbocycles. The third-order valence-electron chi connectivity index (χ3n) is 4.26. The minimum atomic E-state index is -0.844. The molecule has 0 aliphatic rings. The number of carboxylic acid groups (broad SMARTS) is 1. The molecule has 0 fully saturated rings. The molecule has 1 heterocycles. The van der Waals surface area contributed by atoms with Gasteiger partial charge in [0, 0.05) is 17.6 Å². The summed E-state index contributed by atoms with van der Waals surface area (Å²) in [7, 11) is 0. The maximum Gasteiger partial charge on any atom is 0.335 e. The molecule has 0 amide bonds. The van der Waals surface area contributed by atoms with Crippen LogP contribution in [0.2, 0.25) is 0 Å². The average molecular weight is 287 g/mol. The second-order valence-corrected chi connectivity index (χ2v) is 5.98. The van der Waals surface area contributed by atoms with Crippen LogP contribution in [0.5, 0.6) is 0 Å². The fraction of sp³-hybridized carbons (Fsp3) is 0.500. The van der Waals surface area contributed by atoms with Gasteiger partial charge >= 0.3 is 5.97 Å². The van der Waals surface area contributed by atoms with Crippen LogP contribution in [0.1, 0.15) is 67.2 Å². The Kier molecular flexibility index (Phi) is 4.40. The summed E-state index contributed by atoms with van der Waals surface area (Å²) in [6, 6.07) is 3.70. The highest BCUT2D eigenvalue weighted by atomic mass is 16.4. The number of benzene rings is 1. The van der Waals surface area contributed by atoms with E-state index in [1.54, 1.807) is 0 Å². The molecule has 1 aromatic carbocycles. The summed E-state index contributed by atoms with van der Waals surface area (Å²) in [5.41, 5.74) is 5.34. The molecule has 21 heavy (non-hydrogen) atoms. The molecule has 0 aliphatic heterocycles. The molecule has 0 atom stereocenters. The molecule has 2 aromatic rings. The lowest BCUT2D eigenvalue weighted by Crippen LogP contribution is -2.03. The van der Waals surface area contributed by atoms with Crippen LogP contribution in [0.15, 0.2) is 12.1 Å². The normalized spacial score (nSPS) is 11.5. The molecule has 1 aromatic heterocycles. The maximum absolute atomic E-state index is 11.4. The van der Waals surface area contributed by atoms with Crippen molar-refractivity contribution in [1.29, 1.82) is 0 Å². The molecule has 2 rings (SSSR count). The topological polar surface area (TPSA) is 42.2 Å². The van der Waals surface area contributed by atoms with Gasteiger partial charge in [0.1, 0.15) is 0 Å². The quantitative estimate of drug-likeness (QED) is 0.862.